The van der Waals surface area contributed by atoms with Crippen molar-refractivity contribution in [2.24, 2.45) is 11.6 Å². The lowest BCUT2D eigenvalue weighted by Gasteiger charge is -2.18. The highest BCUT2D eigenvalue weighted by atomic mass is 35.5. The van der Waals surface area contributed by atoms with Crippen LogP contribution in [0.2, 0.25) is 0 Å². The average molecular weight is 240 g/mol. The lowest BCUT2D eigenvalue weighted by atomic mass is 9.91. The molecule has 0 spiro atoms. The summed E-state index contributed by atoms with van der Waals surface area (Å²) in [7, 11) is 0. The van der Waals surface area contributed by atoms with Gasteiger partial charge >= 0.3 is 0 Å². The summed E-state index contributed by atoms with van der Waals surface area (Å²) < 4.78 is 0. The molecule has 0 bridgehead atoms. The van der Waals surface area contributed by atoms with Crippen molar-refractivity contribution >= 4 is 23.7 Å². The zero-order valence-electron chi connectivity index (χ0n) is 9.15. The van der Waals surface area contributed by atoms with Crippen molar-refractivity contribution in [2.75, 3.05) is 5.43 Å². The zero-order valence-corrected chi connectivity index (χ0v) is 9.96. The van der Waals surface area contributed by atoms with Gasteiger partial charge in [-0.3, -0.25) is 5.84 Å². The molecule has 1 aromatic carbocycles. The van der Waals surface area contributed by atoms with Gasteiger partial charge in [0.1, 0.15) is 0 Å². The third-order valence-corrected chi connectivity index (χ3v) is 2.87. The number of nitrogens with two attached hydrogens (primary N) is 2. The maximum atomic E-state index is 5.85. The lowest BCUT2D eigenvalue weighted by molar-refractivity contribution is 0.614. The number of nitrogens with one attached hydrogen (secondary N) is 1. The van der Waals surface area contributed by atoms with Gasteiger partial charge in [0.05, 0.1) is 0 Å². The van der Waals surface area contributed by atoms with Crippen LogP contribution in [0.3, 0.4) is 0 Å². The Bertz CT molecular complexity index is 359. The van der Waals surface area contributed by atoms with Crippen LogP contribution in [-0.4, -0.2) is 6.04 Å². The summed E-state index contributed by atoms with van der Waals surface area (Å²) in [5, 5.41) is 0. The number of halogens is 1. The van der Waals surface area contributed by atoms with E-state index in [-0.39, 0.29) is 12.4 Å². The molecular weight excluding hydrogens is 222 g/mol. The summed E-state index contributed by atoms with van der Waals surface area (Å²) in [6.07, 6.45) is 5.41. The minimum atomic E-state index is 0. The third kappa shape index (κ3) is 2.98. The number of benzene rings is 1. The molecule has 5 N–H and O–H groups in total. The van der Waals surface area contributed by atoms with Gasteiger partial charge in [0.15, 0.2) is 0 Å². The van der Waals surface area contributed by atoms with E-state index in [0.29, 0.717) is 6.04 Å². The first-order valence-corrected chi connectivity index (χ1v) is 5.31. The molecule has 4 heteroatoms. The molecule has 0 aromatic heterocycles. The summed E-state index contributed by atoms with van der Waals surface area (Å²) in [6, 6.07) is 8.52. The molecule has 1 atom stereocenters. The van der Waals surface area contributed by atoms with E-state index in [1.807, 2.05) is 12.1 Å². The molecule has 1 aliphatic rings. The average Bonchev–Trinajstić information content (AvgIpc) is 2.30. The SMILES string of the molecule is Cl.NNc1ccc(C2=CCC(N)CC2)cc1. The standard InChI is InChI=1S/C12H17N3.ClH/c13-11-5-1-9(2-6-11)10-3-7-12(15-14)8-4-10;/h1,3-4,7-8,11,15H,2,5-6,13-14H2;1H. The maximum absolute atomic E-state index is 5.85. The molecule has 1 unspecified atom stereocenters. The topological polar surface area (TPSA) is 64.1 Å². The molecule has 0 amide bonds. The highest BCUT2D eigenvalue weighted by Gasteiger charge is 2.11. The summed E-state index contributed by atoms with van der Waals surface area (Å²) in [4.78, 5) is 0. The van der Waals surface area contributed by atoms with E-state index in [2.05, 4.69) is 23.6 Å². The van der Waals surface area contributed by atoms with Gasteiger partial charge in [-0.15, -0.1) is 12.4 Å². The number of allylic oxidation sites excluding steroid dienone is 1. The predicted octanol–water partition coefficient (Wildman–Crippen LogP) is 2.29. The van der Waals surface area contributed by atoms with Crippen LogP contribution < -0.4 is 17.0 Å². The van der Waals surface area contributed by atoms with E-state index in [0.717, 1.165) is 24.9 Å². The molecule has 0 fully saturated rings. The number of hydrogen-bond donors (Lipinski definition) is 3. The van der Waals surface area contributed by atoms with Crippen molar-refractivity contribution < 1.29 is 0 Å². The van der Waals surface area contributed by atoms with E-state index < -0.39 is 0 Å². The normalized spacial score (nSPS) is 19.6. The van der Waals surface area contributed by atoms with Crippen LogP contribution in [0.15, 0.2) is 30.3 Å². The first kappa shape index (κ1) is 13.0. The molecule has 0 radical (unpaired) electrons. The fourth-order valence-electron chi connectivity index (χ4n) is 1.90. The van der Waals surface area contributed by atoms with Gasteiger partial charge in [-0.1, -0.05) is 18.2 Å². The van der Waals surface area contributed by atoms with Crippen molar-refractivity contribution in [3.8, 4) is 0 Å². The van der Waals surface area contributed by atoms with E-state index in [4.69, 9.17) is 11.6 Å². The van der Waals surface area contributed by atoms with Crippen LogP contribution in [0.1, 0.15) is 24.8 Å². The molecular formula is C12H18ClN3. The van der Waals surface area contributed by atoms with Crippen molar-refractivity contribution in [3.63, 3.8) is 0 Å². The first-order valence-electron chi connectivity index (χ1n) is 5.31. The van der Waals surface area contributed by atoms with Crippen LogP contribution in [0.25, 0.3) is 5.57 Å². The smallest absolute Gasteiger partial charge is 0.0485 e. The fraction of sp³-hybridized carbons (Fsp3) is 0.333. The molecule has 2 rings (SSSR count). The Balaban J connectivity index is 0.00000128. The molecule has 0 aliphatic heterocycles. The Morgan fingerprint density at radius 2 is 1.88 bits per heavy atom. The van der Waals surface area contributed by atoms with Crippen LogP contribution in [0.4, 0.5) is 5.69 Å². The summed E-state index contributed by atoms with van der Waals surface area (Å²) in [5.74, 6) is 5.32. The molecule has 1 aliphatic carbocycles. The summed E-state index contributed by atoms with van der Waals surface area (Å²) in [6.45, 7) is 0. The summed E-state index contributed by atoms with van der Waals surface area (Å²) in [5.41, 5.74) is 12.1. The number of anilines is 1. The Morgan fingerprint density at radius 3 is 2.38 bits per heavy atom. The van der Waals surface area contributed by atoms with Gasteiger partial charge in [0, 0.05) is 11.7 Å². The van der Waals surface area contributed by atoms with Crippen LogP contribution in [0, 0.1) is 0 Å². The second-order valence-corrected chi connectivity index (χ2v) is 3.99. The van der Waals surface area contributed by atoms with Crippen molar-refractivity contribution in [3.05, 3.63) is 35.9 Å². The largest absolute Gasteiger partial charge is 0.327 e. The highest BCUT2D eigenvalue weighted by molar-refractivity contribution is 5.85. The summed E-state index contributed by atoms with van der Waals surface area (Å²) >= 11 is 0. The number of nitrogen functional groups attached to an aromatic ring is 1. The Labute approximate surface area is 102 Å². The van der Waals surface area contributed by atoms with Gasteiger partial charge in [-0.25, -0.2) is 0 Å². The highest BCUT2D eigenvalue weighted by Crippen LogP contribution is 2.26. The Morgan fingerprint density at radius 1 is 1.19 bits per heavy atom. The molecule has 0 saturated heterocycles. The van der Waals surface area contributed by atoms with Gasteiger partial charge in [-0.05, 0) is 42.5 Å². The second kappa shape index (κ2) is 5.89. The van der Waals surface area contributed by atoms with E-state index in [1.165, 1.54) is 11.1 Å². The van der Waals surface area contributed by atoms with Crippen molar-refractivity contribution in [2.45, 2.75) is 25.3 Å². The van der Waals surface area contributed by atoms with Gasteiger partial charge in [-0.2, -0.15) is 0 Å². The van der Waals surface area contributed by atoms with Gasteiger partial charge in [0.25, 0.3) is 0 Å². The zero-order chi connectivity index (χ0) is 10.7. The molecule has 16 heavy (non-hydrogen) atoms. The van der Waals surface area contributed by atoms with E-state index in [1.54, 1.807) is 0 Å². The van der Waals surface area contributed by atoms with Gasteiger partial charge < -0.3 is 11.2 Å². The minimum absolute atomic E-state index is 0. The monoisotopic (exact) mass is 239 g/mol. The van der Waals surface area contributed by atoms with Crippen LogP contribution in [-0.2, 0) is 0 Å². The third-order valence-electron chi connectivity index (χ3n) is 2.87. The number of hydrazine groups is 1. The van der Waals surface area contributed by atoms with Crippen LogP contribution >= 0.6 is 12.4 Å². The lowest BCUT2D eigenvalue weighted by Crippen LogP contribution is -2.21. The maximum Gasteiger partial charge on any atom is 0.0485 e. The number of rotatable bonds is 2. The first-order chi connectivity index (χ1) is 7.29. The second-order valence-electron chi connectivity index (χ2n) is 3.99. The van der Waals surface area contributed by atoms with Crippen molar-refractivity contribution in [1.29, 1.82) is 0 Å². The minimum Gasteiger partial charge on any atom is -0.327 e. The van der Waals surface area contributed by atoms with Crippen LogP contribution in [0.5, 0.6) is 0 Å². The quantitative estimate of drug-likeness (QED) is 0.548. The Kier molecular flexibility index (Phi) is 4.80. The fourth-order valence-corrected chi connectivity index (χ4v) is 1.90. The Hall–Kier alpha value is -1.03. The molecule has 88 valence electrons. The molecule has 3 nitrogen and oxygen atoms in total. The molecule has 0 saturated carbocycles. The molecule has 0 heterocycles. The van der Waals surface area contributed by atoms with E-state index in [9.17, 15) is 0 Å². The molecule has 1 aromatic rings. The van der Waals surface area contributed by atoms with Gasteiger partial charge in [0.2, 0.25) is 0 Å². The van der Waals surface area contributed by atoms with E-state index >= 15 is 0 Å². The number of hydrogen-bond acceptors (Lipinski definition) is 3. The predicted molar refractivity (Wildman–Crippen MR) is 71.3 cm³/mol. The van der Waals surface area contributed by atoms with Crippen molar-refractivity contribution in [1.82, 2.24) is 0 Å².